The number of amides is 1. The average Bonchev–Trinajstić information content (AvgIpc) is 2.71. The van der Waals surface area contributed by atoms with Crippen molar-refractivity contribution < 1.29 is 9.53 Å². The maximum Gasteiger partial charge on any atom is 0.271 e. The fourth-order valence-corrected chi connectivity index (χ4v) is 5.06. The first-order valence-electron chi connectivity index (χ1n) is 10.5. The lowest BCUT2D eigenvalue weighted by atomic mass is 9.79. The van der Waals surface area contributed by atoms with Crippen molar-refractivity contribution in [2.75, 3.05) is 18.6 Å². The minimum atomic E-state index is -0.302. The van der Waals surface area contributed by atoms with Crippen molar-refractivity contribution in [3.05, 3.63) is 55.6 Å². The quantitative estimate of drug-likeness (QED) is 0.263. The van der Waals surface area contributed by atoms with Crippen LogP contribution in [0.2, 0.25) is 5.02 Å². The SMILES string of the molecule is CCCN1c2cc(Cl)c(/C=N/NC(=O)c3ccc(I)c(OC)c3)cc2C(C)CC1(C)C. The summed E-state index contributed by atoms with van der Waals surface area (Å²) in [6.45, 7) is 10.0. The van der Waals surface area contributed by atoms with Crippen molar-refractivity contribution in [2.24, 2.45) is 5.10 Å². The van der Waals surface area contributed by atoms with Gasteiger partial charge in [0.2, 0.25) is 0 Å². The molecular formula is C24H29ClIN3O2. The molecule has 31 heavy (non-hydrogen) atoms. The van der Waals surface area contributed by atoms with Gasteiger partial charge in [0, 0.05) is 28.9 Å². The van der Waals surface area contributed by atoms with E-state index in [2.05, 4.69) is 71.8 Å². The largest absolute Gasteiger partial charge is 0.496 e. The molecule has 0 radical (unpaired) electrons. The molecule has 1 unspecified atom stereocenters. The number of fused-ring (bicyclic) bond motifs is 1. The van der Waals surface area contributed by atoms with Gasteiger partial charge in [-0.3, -0.25) is 4.79 Å². The molecule has 1 amide bonds. The monoisotopic (exact) mass is 553 g/mol. The molecule has 0 saturated carbocycles. The van der Waals surface area contributed by atoms with Crippen LogP contribution in [0, 0.1) is 3.57 Å². The average molecular weight is 554 g/mol. The van der Waals surface area contributed by atoms with Crippen LogP contribution in [0.25, 0.3) is 0 Å². The van der Waals surface area contributed by atoms with Crippen molar-refractivity contribution in [1.29, 1.82) is 0 Å². The molecule has 1 heterocycles. The first kappa shape index (κ1) is 23.9. The summed E-state index contributed by atoms with van der Waals surface area (Å²) in [5.41, 5.74) is 6.42. The summed E-state index contributed by atoms with van der Waals surface area (Å²) in [5, 5.41) is 4.77. The number of carbonyl (C=O) groups is 1. The van der Waals surface area contributed by atoms with Crippen LogP contribution in [-0.4, -0.2) is 31.3 Å². The number of hydrogen-bond acceptors (Lipinski definition) is 4. The normalized spacial score (nSPS) is 17.5. The Hall–Kier alpha value is -1.80. The second-order valence-corrected chi connectivity index (χ2v) is 10.1. The third kappa shape index (κ3) is 5.17. The number of nitrogens with one attached hydrogen (secondary N) is 1. The van der Waals surface area contributed by atoms with Crippen LogP contribution >= 0.6 is 34.2 Å². The second-order valence-electron chi connectivity index (χ2n) is 8.55. The smallest absolute Gasteiger partial charge is 0.271 e. The van der Waals surface area contributed by atoms with Crippen LogP contribution in [0.15, 0.2) is 35.4 Å². The molecule has 1 aliphatic heterocycles. The highest BCUT2D eigenvalue weighted by Gasteiger charge is 2.36. The molecular weight excluding hydrogens is 525 g/mol. The van der Waals surface area contributed by atoms with Crippen LogP contribution in [0.5, 0.6) is 5.75 Å². The Kier molecular flexibility index (Phi) is 7.52. The molecule has 0 aliphatic carbocycles. The van der Waals surface area contributed by atoms with Crippen molar-refractivity contribution in [3.63, 3.8) is 0 Å². The number of nitrogens with zero attached hydrogens (tertiary/aromatic N) is 2. The summed E-state index contributed by atoms with van der Waals surface area (Å²) >= 11 is 8.77. The van der Waals surface area contributed by atoms with Crippen LogP contribution in [0.3, 0.4) is 0 Å². The van der Waals surface area contributed by atoms with Crippen molar-refractivity contribution >= 4 is 52.0 Å². The molecule has 1 N–H and O–H groups in total. The summed E-state index contributed by atoms with van der Waals surface area (Å²) in [6, 6.07) is 9.42. The summed E-state index contributed by atoms with van der Waals surface area (Å²) in [7, 11) is 1.58. The zero-order valence-electron chi connectivity index (χ0n) is 18.6. The number of benzene rings is 2. The van der Waals surface area contributed by atoms with Gasteiger partial charge >= 0.3 is 0 Å². The number of anilines is 1. The maximum atomic E-state index is 12.4. The summed E-state index contributed by atoms with van der Waals surface area (Å²) < 4.78 is 6.22. The van der Waals surface area contributed by atoms with Gasteiger partial charge in [-0.15, -0.1) is 0 Å². The van der Waals surface area contributed by atoms with Crippen LogP contribution in [0.4, 0.5) is 5.69 Å². The summed E-state index contributed by atoms with van der Waals surface area (Å²) in [5.74, 6) is 0.768. The molecule has 1 atom stereocenters. The van der Waals surface area contributed by atoms with E-state index < -0.39 is 0 Å². The molecule has 0 fully saturated rings. The lowest BCUT2D eigenvalue weighted by Crippen LogP contribution is -2.48. The van der Waals surface area contributed by atoms with Gasteiger partial charge in [0.1, 0.15) is 5.75 Å². The molecule has 1 aliphatic rings. The van der Waals surface area contributed by atoms with Crippen molar-refractivity contribution in [3.8, 4) is 5.75 Å². The zero-order chi connectivity index (χ0) is 22.8. The Labute approximate surface area is 203 Å². The molecule has 166 valence electrons. The van der Waals surface area contributed by atoms with E-state index >= 15 is 0 Å². The molecule has 0 saturated heterocycles. The summed E-state index contributed by atoms with van der Waals surface area (Å²) in [6.07, 6.45) is 3.76. The van der Waals surface area contributed by atoms with E-state index in [9.17, 15) is 4.79 Å². The number of hydrogen-bond donors (Lipinski definition) is 1. The number of halogens is 2. The van der Waals surface area contributed by atoms with Gasteiger partial charge < -0.3 is 9.64 Å². The predicted molar refractivity (Wildman–Crippen MR) is 137 cm³/mol. The van der Waals surface area contributed by atoms with E-state index in [1.165, 1.54) is 11.3 Å². The van der Waals surface area contributed by atoms with E-state index in [-0.39, 0.29) is 11.4 Å². The van der Waals surface area contributed by atoms with Gasteiger partial charge in [0.15, 0.2) is 0 Å². The van der Waals surface area contributed by atoms with Crippen molar-refractivity contribution in [1.82, 2.24) is 5.43 Å². The molecule has 3 rings (SSSR count). The van der Waals surface area contributed by atoms with E-state index in [0.29, 0.717) is 22.3 Å². The molecule has 0 aromatic heterocycles. The van der Waals surface area contributed by atoms with Crippen molar-refractivity contribution in [2.45, 2.75) is 52.0 Å². The summed E-state index contributed by atoms with van der Waals surface area (Å²) in [4.78, 5) is 14.9. The standard InChI is InChI=1S/C24H29ClIN3O2/c1-6-9-29-21-12-19(25)17(10-18(21)15(2)13-24(29,3)4)14-27-28-23(30)16-7-8-20(26)22(11-16)31-5/h7-8,10-12,14-15H,6,9,13H2,1-5H3,(H,28,30)/b27-14+. The van der Waals surface area contributed by atoms with Gasteiger partial charge in [-0.25, -0.2) is 5.43 Å². The molecule has 2 aromatic carbocycles. The van der Waals surface area contributed by atoms with Gasteiger partial charge in [-0.05, 0) is 91.1 Å². The molecule has 7 heteroatoms. The Morgan fingerprint density at radius 1 is 1.39 bits per heavy atom. The Morgan fingerprint density at radius 3 is 2.81 bits per heavy atom. The lowest BCUT2D eigenvalue weighted by molar-refractivity contribution is 0.0954. The molecule has 5 nitrogen and oxygen atoms in total. The van der Waals surface area contributed by atoms with E-state index in [0.717, 1.165) is 28.5 Å². The molecule has 0 bridgehead atoms. The maximum absolute atomic E-state index is 12.4. The number of hydrazone groups is 1. The predicted octanol–water partition coefficient (Wildman–Crippen LogP) is 6.22. The highest BCUT2D eigenvalue weighted by Crippen LogP contribution is 2.45. The van der Waals surface area contributed by atoms with Gasteiger partial charge in [0.25, 0.3) is 5.91 Å². The third-order valence-electron chi connectivity index (χ3n) is 5.73. The van der Waals surface area contributed by atoms with Crippen LogP contribution in [0.1, 0.15) is 67.9 Å². The fraction of sp³-hybridized carbons (Fsp3) is 0.417. The fourth-order valence-electron chi connectivity index (χ4n) is 4.29. The topological polar surface area (TPSA) is 53.9 Å². The number of rotatable bonds is 6. The van der Waals surface area contributed by atoms with E-state index in [4.69, 9.17) is 16.3 Å². The van der Waals surface area contributed by atoms with Gasteiger partial charge in [0.05, 0.1) is 21.9 Å². The van der Waals surface area contributed by atoms with Gasteiger partial charge in [-0.2, -0.15) is 5.10 Å². The molecule has 2 aromatic rings. The van der Waals surface area contributed by atoms with E-state index in [1.54, 1.807) is 25.5 Å². The number of carbonyl (C=O) groups excluding carboxylic acids is 1. The highest BCUT2D eigenvalue weighted by molar-refractivity contribution is 14.1. The van der Waals surface area contributed by atoms with Crippen LogP contribution in [-0.2, 0) is 0 Å². The minimum absolute atomic E-state index is 0.0872. The lowest BCUT2D eigenvalue weighted by Gasteiger charge is -2.47. The zero-order valence-corrected chi connectivity index (χ0v) is 21.5. The van der Waals surface area contributed by atoms with E-state index in [1.807, 2.05) is 12.1 Å². The Morgan fingerprint density at radius 2 is 2.13 bits per heavy atom. The highest BCUT2D eigenvalue weighted by atomic mass is 127. The second kappa shape index (κ2) is 9.77. The minimum Gasteiger partial charge on any atom is -0.496 e. The number of ether oxygens (including phenoxy) is 1. The Balaban J connectivity index is 1.82. The third-order valence-corrected chi connectivity index (χ3v) is 6.95. The van der Waals surface area contributed by atoms with Crippen LogP contribution < -0.4 is 15.1 Å². The van der Waals surface area contributed by atoms with Gasteiger partial charge in [-0.1, -0.05) is 25.4 Å². The Bertz CT molecular complexity index is 1010. The molecule has 0 spiro atoms. The first-order chi connectivity index (χ1) is 14.7. The number of methoxy groups -OCH3 is 1. The first-order valence-corrected chi connectivity index (χ1v) is 11.9.